The van der Waals surface area contributed by atoms with Crippen molar-refractivity contribution in [3.63, 3.8) is 0 Å². The third-order valence-corrected chi connectivity index (χ3v) is 3.60. The van der Waals surface area contributed by atoms with Crippen LogP contribution in [0.15, 0.2) is 12.2 Å². The van der Waals surface area contributed by atoms with E-state index < -0.39 is 34.8 Å². The van der Waals surface area contributed by atoms with Gasteiger partial charge in [-0.05, 0) is 33.6 Å². The van der Waals surface area contributed by atoms with Crippen LogP contribution in [0.3, 0.4) is 0 Å². The molecule has 0 N–H and O–H groups in total. The molecule has 0 aromatic rings. The molecular formula is C16H25BrO6. The first-order valence-corrected chi connectivity index (χ1v) is 8.45. The summed E-state index contributed by atoms with van der Waals surface area (Å²) in [6.07, 6.45) is 0.0776. The molecule has 132 valence electrons. The van der Waals surface area contributed by atoms with Gasteiger partial charge in [-0.25, -0.2) is 4.79 Å². The van der Waals surface area contributed by atoms with E-state index in [9.17, 15) is 9.59 Å². The van der Waals surface area contributed by atoms with Crippen molar-refractivity contribution in [2.24, 2.45) is 0 Å². The molecule has 0 spiro atoms. The van der Waals surface area contributed by atoms with Gasteiger partial charge in [-0.2, -0.15) is 0 Å². The van der Waals surface area contributed by atoms with E-state index in [4.69, 9.17) is 18.9 Å². The molecule has 0 aliphatic carbocycles. The van der Waals surface area contributed by atoms with E-state index in [2.05, 4.69) is 22.5 Å². The smallest absolute Gasteiger partial charge is 0.333 e. The molecule has 0 aromatic heterocycles. The Morgan fingerprint density at radius 2 is 1.96 bits per heavy atom. The fraction of sp³-hybridized carbons (Fsp3) is 0.750. The van der Waals surface area contributed by atoms with Crippen LogP contribution in [0, 0.1) is 0 Å². The van der Waals surface area contributed by atoms with E-state index in [1.54, 1.807) is 20.8 Å². The quantitative estimate of drug-likeness (QED) is 0.341. The largest absolute Gasteiger partial charge is 0.457 e. The molecule has 1 rings (SSSR count). The summed E-state index contributed by atoms with van der Waals surface area (Å²) in [6, 6.07) is 0. The molecule has 23 heavy (non-hydrogen) atoms. The highest BCUT2D eigenvalue weighted by atomic mass is 79.9. The molecular weight excluding hydrogens is 368 g/mol. The number of rotatable bonds is 9. The van der Waals surface area contributed by atoms with Crippen LogP contribution in [0.4, 0.5) is 0 Å². The van der Waals surface area contributed by atoms with Gasteiger partial charge in [-0.15, -0.1) is 0 Å². The minimum atomic E-state index is -0.832. The number of hydrogen-bond acceptors (Lipinski definition) is 6. The lowest BCUT2D eigenvalue weighted by molar-refractivity contribution is -0.358. The minimum absolute atomic E-state index is 0.129. The molecule has 0 saturated carbocycles. The number of ether oxygens (including phenoxy) is 4. The molecule has 0 radical (unpaired) electrons. The average Bonchev–Trinajstić information content (AvgIpc) is 2.39. The van der Waals surface area contributed by atoms with Gasteiger partial charge in [0.05, 0.1) is 0 Å². The Balaban J connectivity index is 2.89. The second kappa shape index (κ2) is 8.80. The van der Waals surface area contributed by atoms with Gasteiger partial charge >= 0.3 is 11.9 Å². The lowest BCUT2D eigenvalue weighted by atomic mass is 10.1. The minimum Gasteiger partial charge on any atom is -0.457 e. The van der Waals surface area contributed by atoms with Crippen molar-refractivity contribution in [2.75, 3.05) is 6.79 Å². The summed E-state index contributed by atoms with van der Waals surface area (Å²) < 4.78 is 20.7. The lowest BCUT2D eigenvalue weighted by Crippen LogP contribution is -2.51. The number of halogens is 1. The molecule has 1 saturated heterocycles. The first-order chi connectivity index (χ1) is 10.7. The molecule has 6 nitrogen and oxygen atoms in total. The molecule has 2 atom stereocenters. The zero-order valence-corrected chi connectivity index (χ0v) is 15.7. The molecule has 0 amide bonds. The van der Waals surface area contributed by atoms with Crippen molar-refractivity contribution in [3.8, 4) is 0 Å². The van der Waals surface area contributed by atoms with Gasteiger partial charge in [0.2, 0.25) is 6.29 Å². The molecule has 7 heteroatoms. The van der Waals surface area contributed by atoms with Crippen molar-refractivity contribution in [1.29, 1.82) is 0 Å². The lowest BCUT2D eigenvalue weighted by Gasteiger charge is -2.37. The Bertz CT molecular complexity index is 438. The zero-order valence-electron chi connectivity index (χ0n) is 14.1. The Morgan fingerprint density at radius 1 is 1.35 bits per heavy atom. The van der Waals surface area contributed by atoms with Crippen LogP contribution in [0.5, 0.6) is 0 Å². The standard InChI is InChI=1S/C16H25BrO6/c1-6-7-8-11(22-15(19)16(4,5)17)12(14-20-9-21-14)23-13(18)10(2)3/h11-12,14H,2,6-9H2,1,3-5H3. The second-order valence-electron chi connectivity index (χ2n) is 6.03. The number of alkyl halides is 1. The highest BCUT2D eigenvalue weighted by molar-refractivity contribution is 9.10. The molecule has 2 unspecified atom stereocenters. The Labute approximate surface area is 145 Å². The van der Waals surface area contributed by atoms with Crippen LogP contribution in [0.1, 0.15) is 47.0 Å². The van der Waals surface area contributed by atoms with Crippen LogP contribution < -0.4 is 0 Å². The van der Waals surface area contributed by atoms with Crippen molar-refractivity contribution < 1.29 is 28.5 Å². The van der Waals surface area contributed by atoms with Crippen LogP contribution in [-0.2, 0) is 28.5 Å². The highest BCUT2D eigenvalue weighted by Gasteiger charge is 2.42. The van der Waals surface area contributed by atoms with Gasteiger partial charge in [-0.1, -0.05) is 35.9 Å². The van der Waals surface area contributed by atoms with Gasteiger partial charge in [0.1, 0.15) is 10.4 Å². The number of unbranched alkanes of at least 4 members (excludes halogenated alkanes) is 1. The van der Waals surface area contributed by atoms with Crippen molar-refractivity contribution in [3.05, 3.63) is 12.2 Å². The summed E-state index contributed by atoms with van der Waals surface area (Å²) in [7, 11) is 0. The molecule has 1 aliphatic rings. The van der Waals surface area contributed by atoms with E-state index in [0.717, 1.165) is 12.8 Å². The van der Waals surface area contributed by atoms with Gasteiger partial charge < -0.3 is 18.9 Å². The maximum Gasteiger partial charge on any atom is 0.333 e. The van der Waals surface area contributed by atoms with Crippen molar-refractivity contribution in [1.82, 2.24) is 0 Å². The molecule has 1 aliphatic heterocycles. The molecule has 0 aromatic carbocycles. The predicted octanol–water partition coefficient (Wildman–Crippen LogP) is 3.08. The van der Waals surface area contributed by atoms with Crippen LogP contribution >= 0.6 is 15.9 Å². The highest BCUT2D eigenvalue weighted by Crippen LogP contribution is 2.26. The summed E-state index contributed by atoms with van der Waals surface area (Å²) in [5, 5.41) is 0. The second-order valence-corrected chi connectivity index (χ2v) is 8.01. The van der Waals surface area contributed by atoms with Gasteiger partial charge in [0, 0.05) is 5.57 Å². The van der Waals surface area contributed by atoms with Crippen LogP contribution in [-0.4, -0.2) is 41.6 Å². The number of carbonyl (C=O) groups excluding carboxylic acids is 2. The number of esters is 2. The zero-order chi connectivity index (χ0) is 17.6. The number of hydrogen-bond donors (Lipinski definition) is 0. The third-order valence-electron chi connectivity index (χ3n) is 3.28. The van der Waals surface area contributed by atoms with E-state index in [-0.39, 0.29) is 12.4 Å². The summed E-state index contributed by atoms with van der Waals surface area (Å²) >= 11 is 3.27. The summed E-state index contributed by atoms with van der Waals surface area (Å²) in [4.78, 5) is 24.1. The molecule has 1 fully saturated rings. The summed E-state index contributed by atoms with van der Waals surface area (Å²) in [6.45, 7) is 10.7. The molecule has 0 bridgehead atoms. The van der Waals surface area contributed by atoms with Crippen molar-refractivity contribution in [2.45, 2.75) is 69.8 Å². The SMILES string of the molecule is C=C(C)C(=O)OC(C(CCCC)OC(=O)C(C)(C)Br)C1OCO1. The Morgan fingerprint density at radius 3 is 2.35 bits per heavy atom. The van der Waals surface area contributed by atoms with Crippen LogP contribution in [0.2, 0.25) is 0 Å². The van der Waals surface area contributed by atoms with E-state index in [0.29, 0.717) is 6.42 Å². The fourth-order valence-corrected chi connectivity index (χ4v) is 1.93. The predicted molar refractivity (Wildman–Crippen MR) is 87.9 cm³/mol. The maximum absolute atomic E-state index is 12.2. The van der Waals surface area contributed by atoms with Gasteiger partial charge in [-0.3, -0.25) is 4.79 Å². The Kier molecular flexibility index (Phi) is 7.70. The fourth-order valence-electron chi connectivity index (χ4n) is 1.84. The Hall–Kier alpha value is -0.920. The summed E-state index contributed by atoms with van der Waals surface area (Å²) in [5.41, 5.74) is 0.260. The summed E-state index contributed by atoms with van der Waals surface area (Å²) in [5.74, 6) is -1.00. The maximum atomic E-state index is 12.2. The average molecular weight is 393 g/mol. The van der Waals surface area contributed by atoms with Crippen molar-refractivity contribution >= 4 is 27.9 Å². The first kappa shape index (κ1) is 20.1. The van der Waals surface area contributed by atoms with E-state index in [1.165, 1.54) is 0 Å². The topological polar surface area (TPSA) is 71.1 Å². The third kappa shape index (κ3) is 6.24. The van der Waals surface area contributed by atoms with Gasteiger partial charge in [0.25, 0.3) is 0 Å². The van der Waals surface area contributed by atoms with E-state index in [1.807, 2.05) is 6.92 Å². The van der Waals surface area contributed by atoms with Gasteiger partial charge in [0.15, 0.2) is 12.9 Å². The first-order valence-electron chi connectivity index (χ1n) is 7.66. The van der Waals surface area contributed by atoms with Crippen LogP contribution in [0.25, 0.3) is 0 Å². The normalized spacial score (nSPS) is 17.8. The monoisotopic (exact) mass is 392 g/mol. The van der Waals surface area contributed by atoms with E-state index >= 15 is 0 Å². The molecule has 1 heterocycles. The number of carbonyl (C=O) groups is 2.